The van der Waals surface area contributed by atoms with Crippen LogP contribution in [0.1, 0.15) is 18.1 Å². The van der Waals surface area contributed by atoms with E-state index in [1.807, 2.05) is 19.9 Å². The fourth-order valence-electron chi connectivity index (χ4n) is 1.64. The first-order valence-electron chi connectivity index (χ1n) is 4.78. The molecule has 3 nitrogen and oxygen atoms in total. The van der Waals surface area contributed by atoms with Gasteiger partial charge in [-0.25, -0.2) is 0 Å². The largest absolute Gasteiger partial charge is 0.479 e. The SMILES string of the molecule is Cc1cc2c(c(C)c1Cl)NC(=O)C(C)O2. The van der Waals surface area contributed by atoms with Gasteiger partial charge in [0.05, 0.1) is 5.69 Å². The van der Waals surface area contributed by atoms with Crippen LogP contribution in [0.2, 0.25) is 5.02 Å². The molecular weight excluding hydrogens is 214 g/mol. The van der Waals surface area contributed by atoms with Crippen LogP contribution in [0.3, 0.4) is 0 Å². The number of nitrogens with one attached hydrogen (secondary N) is 1. The summed E-state index contributed by atoms with van der Waals surface area (Å²) < 4.78 is 5.49. The number of anilines is 1. The third-order valence-electron chi connectivity index (χ3n) is 2.57. The Hall–Kier alpha value is -1.22. The lowest BCUT2D eigenvalue weighted by Gasteiger charge is -2.25. The fraction of sp³-hybridized carbons (Fsp3) is 0.364. The van der Waals surface area contributed by atoms with Crippen molar-refractivity contribution in [2.24, 2.45) is 0 Å². The number of ether oxygens (including phenoxy) is 1. The zero-order valence-corrected chi connectivity index (χ0v) is 9.61. The summed E-state index contributed by atoms with van der Waals surface area (Å²) in [5.41, 5.74) is 2.50. The van der Waals surface area contributed by atoms with Gasteiger partial charge in [-0.05, 0) is 38.0 Å². The second-order valence-electron chi connectivity index (χ2n) is 3.75. The van der Waals surface area contributed by atoms with E-state index < -0.39 is 6.10 Å². The van der Waals surface area contributed by atoms with Crippen LogP contribution in [-0.2, 0) is 4.79 Å². The molecule has 1 heterocycles. The van der Waals surface area contributed by atoms with Crippen molar-refractivity contribution in [2.75, 3.05) is 5.32 Å². The number of carbonyl (C=O) groups is 1. The highest BCUT2D eigenvalue weighted by Crippen LogP contribution is 2.38. The van der Waals surface area contributed by atoms with E-state index in [1.54, 1.807) is 6.92 Å². The molecule has 0 fully saturated rings. The quantitative estimate of drug-likeness (QED) is 0.737. The molecule has 0 spiro atoms. The van der Waals surface area contributed by atoms with Crippen molar-refractivity contribution < 1.29 is 9.53 Å². The predicted molar refractivity (Wildman–Crippen MR) is 59.6 cm³/mol. The van der Waals surface area contributed by atoms with E-state index >= 15 is 0 Å². The smallest absolute Gasteiger partial charge is 0.265 e. The normalized spacial score (nSPS) is 19.2. The highest BCUT2D eigenvalue weighted by atomic mass is 35.5. The average Bonchev–Trinajstić information content (AvgIpc) is 2.19. The Morgan fingerprint density at radius 3 is 2.80 bits per heavy atom. The molecule has 1 aliphatic rings. The van der Waals surface area contributed by atoms with Crippen LogP contribution in [0.25, 0.3) is 0 Å². The first-order valence-corrected chi connectivity index (χ1v) is 5.15. The number of halogens is 1. The van der Waals surface area contributed by atoms with Crippen molar-refractivity contribution >= 4 is 23.2 Å². The standard InChI is InChI=1S/C11H12ClNO2/c1-5-4-8-10(6(2)9(5)12)13-11(14)7(3)15-8/h4,7H,1-3H3,(H,13,14). The van der Waals surface area contributed by atoms with Crippen LogP contribution in [0.4, 0.5) is 5.69 Å². The summed E-state index contributed by atoms with van der Waals surface area (Å²) >= 11 is 6.09. The molecule has 0 saturated heterocycles. The van der Waals surface area contributed by atoms with Crippen molar-refractivity contribution in [3.05, 3.63) is 22.2 Å². The Bertz CT molecular complexity index is 443. The van der Waals surface area contributed by atoms with Gasteiger partial charge in [0.1, 0.15) is 5.75 Å². The van der Waals surface area contributed by atoms with E-state index in [-0.39, 0.29) is 5.91 Å². The lowest BCUT2D eigenvalue weighted by molar-refractivity contribution is -0.122. The van der Waals surface area contributed by atoms with Crippen LogP contribution in [0.5, 0.6) is 5.75 Å². The van der Waals surface area contributed by atoms with Gasteiger partial charge < -0.3 is 10.1 Å². The van der Waals surface area contributed by atoms with E-state index in [2.05, 4.69) is 5.32 Å². The molecule has 1 amide bonds. The molecule has 0 saturated carbocycles. The van der Waals surface area contributed by atoms with E-state index in [1.165, 1.54) is 0 Å². The fourth-order valence-corrected chi connectivity index (χ4v) is 1.79. The Kier molecular flexibility index (Phi) is 2.35. The summed E-state index contributed by atoms with van der Waals surface area (Å²) in [6.07, 6.45) is -0.447. The molecule has 15 heavy (non-hydrogen) atoms. The van der Waals surface area contributed by atoms with Crippen LogP contribution < -0.4 is 10.1 Å². The Labute approximate surface area is 93.4 Å². The van der Waals surface area contributed by atoms with Gasteiger partial charge in [0, 0.05) is 5.02 Å². The number of rotatable bonds is 0. The highest BCUT2D eigenvalue weighted by molar-refractivity contribution is 6.32. The number of hydrogen-bond donors (Lipinski definition) is 1. The molecule has 1 atom stereocenters. The summed E-state index contributed by atoms with van der Waals surface area (Å²) in [7, 11) is 0. The summed E-state index contributed by atoms with van der Waals surface area (Å²) in [6, 6.07) is 1.85. The zero-order valence-electron chi connectivity index (χ0n) is 8.85. The molecule has 2 rings (SSSR count). The summed E-state index contributed by atoms with van der Waals surface area (Å²) in [5.74, 6) is 0.562. The van der Waals surface area contributed by atoms with Crippen LogP contribution >= 0.6 is 11.6 Å². The molecule has 0 aliphatic carbocycles. The topological polar surface area (TPSA) is 38.3 Å². The van der Waals surface area contributed by atoms with Gasteiger partial charge in [0.2, 0.25) is 0 Å². The van der Waals surface area contributed by atoms with Crippen LogP contribution in [-0.4, -0.2) is 12.0 Å². The molecule has 1 unspecified atom stereocenters. The molecule has 1 aromatic carbocycles. The van der Waals surface area contributed by atoms with E-state index in [0.29, 0.717) is 16.5 Å². The van der Waals surface area contributed by atoms with Gasteiger partial charge in [-0.3, -0.25) is 4.79 Å². The minimum atomic E-state index is -0.447. The van der Waals surface area contributed by atoms with Gasteiger partial charge >= 0.3 is 0 Å². The first-order chi connectivity index (χ1) is 7.00. The maximum atomic E-state index is 11.4. The highest BCUT2D eigenvalue weighted by Gasteiger charge is 2.26. The number of benzene rings is 1. The number of hydrogen-bond acceptors (Lipinski definition) is 2. The lowest BCUT2D eigenvalue weighted by Crippen LogP contribution is -2.34. The molecule has 80 valence electrons. The third-order valence-corrected chi connectivity index (χ3v) is 3.15. The van der Waals surface area contributed by atoms with E-state index in [9.17, 15) is 4.79 Å². The molecule has 0 bridgehead atoms. The lowest BCUT2D eigenvalue weighted by atomic mass is 10.1. The summed E-state index contributed by atoms with van der Waals surface area (Å²) in [4.78, 5) is 11.4. The molecule has 1 N–H and O–H groups in total. The molecular formula is C11H12ClNO2. The number of aryl methyl sites for hydroxylation is 1. The van der Waals surface area contributed by atoms with Crippen LogP contribution in [0.15, 0.2) is 6.07 Å². The van der Waals surface area contributed by atoms with Gasteiger partial charge in [0.25, 0.3) is 5.91 Å². The van der Waals surface area contributed by atoms with Gasteiger partial charge in [-0.1, -0.05) is 11.6 Å². The van der Waals surface area contributed by atoms with Gasteiger partial charge in [0.15, 0.2) is 6.10 Å². The maximum absolute atomic E-state index is 11.4. The molecule has 1 aliphatic heterocycles. The third kappa shape index (κ3) is 1.57. The maximum Gasteiger partial charge on any atom is 0.265 e. The minimum absolute atomic E-state index is 0.134. The van der Waals surface area contributed by atoms with Crippen LogP contribution in [0, 0.1) is 13.8 Å². The second kappa shape index (κ2) is 3.42. The number of amides is 1. The molecule has 0 aromatic heterocycles. The number of carbonyl (C=O) groups excluding carboxylic acids is 1. The minimum Gasteiger partial charge on any atom is -0.479 e. The Morgan fingerprint density at radius 1 is 1.47 bits per heavy atom. The summed E-state index contributed by atoms with van der Waals surface area (Å²) in [6.45, 7) is 5.51. The average molecular weight is 226 g/mol. The molecule has 0 radical (unpaired) electrons. The van der Waals surface area contributed by atoms with Gasteiger partial charge in [-0.15, -0.1) is 0 Å². The summed E-state index contributed by atoms with van der Waals surface area (Å²) in [5, 5.41) is 3.47. The van der Waals surface area contributed by atoms with Crippen molar-refractivity contribution in [3.8, 4) is 5.75 Å². The van der Waals surface area contributed by atoms with Crippen molar-refractivity contribution in [3.63, 3.8) is 0 Å². The molecule has 4 heteroatoms. The van der Waals surface area contributed by atoms with E-state index in [0.717, 1.165) is 11.1 Å². The Morgan fingerprint density at radius 2 is 2.13 bits per heavy atom. The van der Waals surface area contributed by atoms with E-state index in [4.69, 9.17) is 16.3 Å². The Balaban J connectivity index is 2.58. The predicted octanol–water partition coefficient (Wildman–Crippen LogP) is 2.68. The first kappa shape index (κ1) is 10.3. The van der Waals surface area contributed by atoms with Crippen molar-refractivity contribution in [2.45, 2.75) is 26.9 Å². The van der Waals surface area contributed by atoms with Gasteiger partial charge in [-0.2, -0.15) is 0 Å². The van der Waals surface area contributed by atoms with Crippen molar-refractivity contribution in [1.82, 2.24) is 0 Å². The monoisotopic (exact) mass is 225 g/mol. The molecule has 1 aromatic rings. The van der Waals surface area contributed by atoms with Crippen molar-refractivity contribution in [1.29, 1.82) is 0 Å². The number of fused-ring (bicyclic) bond motifs is 1. The zero-order chi connectivity index (χ0) is 11.2. The second-order valence-corrected chi connectivity index (χ2v) is 4.13.